The van der Waals surface area contributed by atoms with E-state index < -0.39 is 0 Å². The fourth-order valence-corrected chi connectivity index (χ4v) is 2.25. The summed E-state index contributed by atoms with van der Waals surface area (Å²) >= 11 is 0. The van der Waals surface area contributed by atoms with Crippen molar-refractivity contribution in [3.8, 4) is 11.8 Å². The molecule has 0 aliphatic carbocycles. The summed E-state index contributed by atoms with van der Waals surface area (Å²) < 4.78 is 0. The number of rotatable bonds is 4. The number of carbonyl (C=O) groups is 3. The van der Waals surface area contributed by atoms with Crippen molar-refractivity contribution in [3.05, 3.63) is 29.8 Å². The molecule has 6 nitrogen and oxygen atoms in total. The molecule has 2 rings (SSSR count). The lowest BCUT2D eigenvalue weighted by atomic mass is 10.1. The number of imide groups is 1. The van der Waals surface area contributed by atoms with Crippen LogP contribution >= 0.6 is 0 Å². The van der Waals surface area contributed by atoms with Gasteiger partial charge in [-0.3, -0.25) is 19.3 Å². The molecule has 0 saturated carbocycles. The lowest BCUT2D eigenvalue weighted by Gasteiger charge is -2.14. The van der Waals surface area contributed by atoms with Crippen LogP contribution in [0.1, 0.15) is 18.4 Å². The number of para-hydroxylation sites is 1. The van der Waals surface area contributed by atoms with Gasteiger partial charge in [-0.15, -0.1) is 0 Å². The summed E-state index contributed by atoms with van der Waals surface area (Å²) in [7, 11) is 3.87. The number of likely N-dealkylation sites (tertiary alicyclic amines) is 1. The topological polar surface area (TPSA) is 69.7 Å². The van der Waals surface area contributed by atoms with Gasteiger partial charge in [0, 0.05) is 32.5 Å². The molecular weight excluding hydrogens is 294 g/mol. The number of benzene rings is 1. The van der Waals surface area contributed by atoms with E-state index in [1.807, 2.05) is 43.3 Å². The van der Waals surface area contributed by atoms with Crippen molar-refractivity contribution < 1.29 is 14.4 Å². The summed E-state index contributed by atoms with van der Waals surface area (Å²) in [5.74, 6) is 4.91. The Morgan fingerprint density at radius 2 is 1.87 bits per heavy atom. The van der Waals surface area contributed by atoms with Crippen LogP contribution < -0.4 is 10.2 Å². The molecule has 1 saturated heterocycles. The minimum absolute atomic E-state index is 0.164. The van der Waals surface area contributed by atoms with Gasteiger partial charge in [0.2, 0.25) is 17.7 Å². The van der Waals surface area contributed by atoms with Gasteiger partial charge >= 0.3 is 0 Å². The third-order valence-electron chi connectivity index (χ3n) is 3.44. The van der Waals surface area contributed by atoms with Crippen LogP contribution in [-0.4, -0.2) is 49.8 Å². The molecule has 0 unspecified atom stereocenters. The van der Waals surface area contributed by atoms with Crippen LogP contribution in [0.4, 0.5) is 5.69 Å². The standard InChI is InChI=1S/C17H19N3O3/c1-19(2)14-8-4-3-6-13(14)7-5-11-18-15(21)12-20-16(22)9-10-17(20)23/h3-4,6,8H,9-12H2,1-2H3,(H,18,21). The van der Waals surface area contributed by atoms with E-state index in [4.69, 9.17) is 0 Å². The zero-order chi connectivity index (χ0) is 16.8. The van der Waals surface area contributed by atoms with E-state index in [9.17, 15) is 14.4 Å². The van der Waals surface area contributed by atoms with Crippen molar-refractivity contribution in [3.63, 3.8) is 0 Å². The first-order chi connectivity index (χ1) is 11.0. The van der Waals surface area contributed by atoms with Gasteiger partial charge in [0.05, 0.1) is 12.2 Å². The number of hydrogen-bond acceptors (Lipinski definition) is 4. The van der Waals surface area contributed by atoms with Crippen molar-refractivity contribution in [1.82, 2.24) is 10.2 Å². The zero-order valence-electron chi connectivity index (χ0n) is 13.3. The van der Waals surface area contributed by atoms with E-state index in [1.54, 1.807) is 0 Å². The molecule has 1 aliphatic heterocycles. The Hall–Kier alpha value is -2.81. The summed E-state index contributed by atoms with van der Waals surface area (Å²) in [5.41, 5.74) is 1.87. The lowest BCUT2D eigenvalue weighted by molar-refractivity contribution is -0.142. The number of amides is 3. The fourth-order valence-electron chi connectivity index (χ4n) is 2.25. The van der Waals surface area contributed by atoms with Gasteiger partial charge in [0.25, 0.3) is 0 Å². The van der Waals surface area contributed by atoms with Gasteiger partial charge in [-0.2, -0.15) is 0 Å². The van der Waals surface area contributed by atoms with Gasteiger partial charge in [-0.25, -0.2) is 0 Å². The molecular formula is C17H19N3O3. The van der Waals surface area contributed by atoms with Crippen LogP contribution in [-0.2, 0) is 14.4 Å². The fraction of sp³-hybridized carbons (Fsp3) is 0.353. The molecule has 1 fully saturated rings. The maximum atomic E-state index is 11.7. The Labute approximate surface area is 135 Å². The second-order valence-electron chi connectivity index (χ2n) is 5.36. The van der Waals surface area contributed by atoms with E-state index in [1.165, 1.54) is 0 Å². The first kappa shape index (κ1) is 16.6. The van der Waals surface area contributed by atoms with E-state index in [0.29, 0.717) is 0 Å². The molecule has 0 bridgehead atoms. The van der Waals surface area contributed by atoms with Crippen molar-refractivity contribution in [2.75, 3.05) is 32.1 Å². The van der Waals surface area contributed by atoms with Crippen molar-refractivity contribution in [2.24, 2.45) is 0 Å². The summed E-state index contributed by atoms with van der Waals surface area (Å²) in [5, 5.41) is 2.60. The largest absolute Gasteiger partial charge is 0.377 e. The number of hydrogen-bond donors (Lipinski definition) is 1. The number of nitrogens with zero attached hydrogens (tertiary/aromatic N) is 2. The van der Waals surface area contributed by atoms with Crippen LogP contribution in [0.3, 0.4) is 0 Å². The second-order valence-corrected chi connectivity index (χ2v) is 5.36. The Morgan fingerprint density at radius 3 is 2.52 bits per heavy atom. The molecule has 1 aromatic rings. The third kappa shape index (κ3) is 4.33. The van der Waals surface area contributed by atoms with Crippen LogP contribution in [0, 0.1) is 11.8 Å². The molecule has 3 amide bonds. The van der Waals surface area contributed by atoms with Crippen LogP contribution in [0.2, 0.25) is 0 Å². The molecule has 1 aliphatic rings. The van der Waals surface area contributed by atoms with Crippen molar-refractivity contribution in [2.45, 2.75) is 12.8 Å². The van der Waals surface area contributed by atoms with Crippen molar-refractivity contribution in [1.29, 1.82) is 0 Å². The molecule has 120 valence electrons. The highest BCUT2D eigenvalue weighted by Gasteiger charge is 2.30. The second kappa shape index (κ2) is 7.45. The predicted molar refractivity (Wildman–Crippen MR) is 86.6 cm³/mol. The highest BCUT2D eigenvalue weighted by molar-refractivity contribution is 6.04. The maximum Gasteiger partial charge on any atom is 0.240 e. The normalized spacial score (nSPS) is 13.6. The minimum Gasteiger partial charge on any atom is -0.377 e. The first-order valence-corrected chi connectivity index (χ1v) is 7.34. The van der Waals surface area contributed by atoms with Gasteiger partial charge < -0.3 is 10.2 Å². The van der Waals surface area contributed by atoms with Gasteiger partial charge in [-0.05, 0) is 12.1 Å². The summed E-state index contributed by atoms with van der Waals surface area (Å²) in [4.78, 5) is 37.6. The number of nitrogens with one attached hydrogen (secondary N) is 1. The quantitative estimate of drug-likeness (QED) is 0.644. The smallest absolute Gasteiger partial charge is 0.240 e. The molecule has 0 aromatic heterocycles. The Kier molecular flexibility index (Phi) is 5.36. The monoisotopic (exact) mass is 313 g/mol. The molecule has 1 N–H and O–H groups in total. The molecule has 0 spiro atoms. The Bertz CT molecular complexity index is 670. The van der Waals surface area contributed by atoms with E-state index in [0.717, 1.165) is 16.2 Å². The molecule has 6 heteroatoms. The predicted octanol–water partition coefficient (Wildman–Crippen LogP) is 0.369. The summed E-state index contributed by atoms with van der Waals surface area (Å²) in [6, 6.07) is 7.71. The summed E-state index contributed by atoms with van der Waals surface area (Å²) in [6.07, 6.45) is 0.375. The van der Waals surface area contributed by atoms with E-state index in [2.05, 4.69) is 17.2 Å². The lowest BCUT2D eigenvalue weighted by Crippen LogP contribution is -2.40. The van der Waals surface area contributed by atoms with Crippen LogP contribution in [0.25, 0.3) is 0 Å². The molecule has 23 heavy (non-hydrogen) atoms. The molecule has 1 aromatic carbocycles. The Balaban J connectivity index is 1.87. The Morgan fingerprint density at radius 1 is 1.22 bits per heavy atom. The van der Waals surface area contributed by atoms with Crippen molar-refractivity contribution >= 4 is 23.4 Å². The maximum absolute atomic E-state index is 11.7. The number of anilines is 1. The third-order valence-corrected chi connectivity index (χ3v) is 3.44. The average molecular weight is 313 g/mol. The zero-order valence-corrected chi connectivity index (χ0v) is 13.3. The summed E-state index contributed by atoms with van der Waals surface area (Å²) in [6.45, 7) is -0.0650. The first-order valence-electron chi connectivity index (χ1n) is 7.34. The molecule has 0 radical (unpaired) electrons. The number of carbonyl (C=O) groups excluding carboxylic acids is 3. The van der Waals surface area contributed by atoms with E-state index >= 15 is 0 Å². The highest BCUT2D eigenvalue weighted by Crippen LogP contribution is 2.16. The van der Waals surface area contributed by atoms with Crippen LogP contribution in [0.5, 0.6) is 0 Å². The highest BCUT2D eigenvalue weighted by atomic mass is 16.2. The van der Waals surface area contributed by atoms with E-state index in [-0.39, 0.29) is 43.7 Å². The minimum atomic E-state index is -0.385. The average Bonchev–Trinajstić information content (AvgIpc) is 2.83. The van der Waals surface area contributed by atoms with Gasteiger partial charge in [0.15, 0.2) is 0 Å². The van der Waals surface area contributed by atoms with Crippen LogP contribution in [0.15, 0.2) is 24.3 Å². The van der Waals surface area contributed by atoms with Gasteiger partial charge in [-0.1, -0.05) is 24.0 Å². The molecule has 1 heterocycles. The SMILES string of the molecule is CN(C)c1ccccc1C#CCNC(=O)CN1C(=O)CCC1=O. The van der Waals surface area contributed by atoms with Gasteiger partial charge in [0.1, 0.15) is 6.54 Å². The molecule has 0 atom stereocenters.